The molecule has 6 heteroatoms. The summed E-state index contributed by atoms with van der Waals surface area (Å²) >= 11 is 14.9. The van der Waals surface area contributed by atoms with E-state index in [1.807, 2.05) is 0 Å². The van der Waals surface area contributed by atoms with Gasteiger partial charge in [-0.3, -0.25) is 0 Å². The summed E-state index contributed by atoms with van der Waals surface area (Å²) in [6, 6.07) is 6.64. The van der Waals surface area contributed by atoms with E-state index in [1.54, 1.807) is 19.2 Å². The van der Waals surface area contributed by atoms with Gasteiger partial charge in [-0.1, -0.05) is 29.3 Å². The minimum Gasteiger partial charge on any atom is -0.309 e. The van der Waals surface area contributed by atoms with Gasteiger partial charge in [0.15, 0.2) is 0 Å². The molecule has 2 aromatic rings. The Bertz CT molecular complexity index is 649. The molecule has 0 aliphatic rings. The SMILES string of the molecule is CNC(c1cc(Cl)ccc1F)c1ccc(Br)c(Cl)c1F. The van der Waals surface area contributed by atoms with E-state index in [2.05, 4.69) is 21.2 Å². The lowest BCUT2D eigenvalue weighted by atomic mass is 9.98. The van der Waals surface area contributed by atoms with Crippen molar-refractivity contribution in [2.75, 3.05) is 7.05 Å². The van der Waals surface area contributed by atoms with Gasteiger partial charge in [-0.05, 0) is 47.2 Å². The fraction of sp³-hybridized carbons (Fsp3) is 0.143. The quantitative estimate of drug-likeness (QED) is 0.708. The van der Waals surface area contributed by atoms with Crippen LogP contribution in [-0.2, 0) is 0 Å². The summed E-state index contributed by atoms with van der Waals surface area (Å²) < 4.78 is 28.6. The van der Waals surface area contributed by atoms with Crippen LogP contribution in [0.4, 0.5) is 8.78 Å². The highest BCUT2D eigenvalue weighted by atomic mass is 79.9. The molecule has 0 aliphatic carbocycles. The molecule has 0 bridgehead atoms. The van der Waals surface area contributed by atoms with Crippen LogP contribution in [0.25, 0.3) is 0 Å². The van der Waals surface area contributed by atoms with Crippen LogP contribution in [0.5, 0.6) is 0 Å². The van der Waals surface area contributed by atoms with Gasteiger partial charge >= 0.3 is 0 Å². The Labute approximate surface area is 134 Å². The average Bonchev–Trinajstić information content (AvgIpc) is 2.43. The largest absolute Gasteiger partial charge is 0.309 e. The van der Waals surface area contributed by atoms with Crippen molar-refractivity contribution in [1.82, 2.24) is 5.32 Å². The number of nitrogens with one attached hydrogen (secondary N) is 1. The van der Waals surface area contributed by atoms with Crippen molar-refractivity contribution >= 4 is 39.1 Å². The van der Waals surface area contributed by atoms with Gasteiger partial charge in [0.2, 0.25) is 0 Å². The number of hydrogen-bond acceptors (Lipinski definition) is 1. The molecule has 0 saturated heterocycles. The van der Waals surface area contributed by atoms with Crippen LogP contribution in [0, 0.1) is 11.6 Å². The summed E-state index contributed by atoms with van der Waals surface area (Å²) in [5.74, 6) is -1.06. The molecule has 2 rings (SSSR count). The van der Waals surface area contributed by atoms with E-state index in [0.717, 1.165) is 0 Å². The second kappa shape index (κ2) is 6.39. The second-order valence-electron chi connectivity index (χ2n) is 4.15. The molecule has 20 heavy (non-hydrogen) atoms. The van der Waals surface area contributed by atoms with Crippen LogP contribution < -0.4 is 5.32 Å². The van der Waals surface area contributed by atoms with Gasteiger partial charge in [0.05, 0.1) is 11.1 Å². The lowest BCUT2D eigenvalue weighted by Gasteiger charge is -2.19. The zero-order valence-corrected chi connectivity index (χ0v) is 13.5. The molecule has 1 nitrogen and oxygen atoms in total. The Hall–Kier alpha value is -0.680. The predicted molar refractivity (Wildman–Crippen MR) is 81.4 cm³/mol. The molecule has 0 radical (unpaired) electrons. The number of benzene rings is 2. The molecule has 106 valence electrons. The number of halogens is 5. The predicted octanol–water partition coefficient (Wildman–Crippen LogP) is 5.34. The van der Waals surface area contributed by atoms with E-state index in [9.17, 15) is 8.78 Å². The lowest BCUT2D eigenvalue weighted by molar-refractivity contribution is 0.547. The third-order valence-electron chi connectivity index (χ3n) is 2.93. The summed E-state index contributed by atoms with van der Waals surface area (Å²) in [7, 11) is 1.61. The lowest BCUT2D eigenvalue weighted by Crippen LogP contribution is -2.20. The summed E-state index contributed by atoms with van der Waals surface area (Å²) in [5.41, 5.74) is 0.513. The Kier molecular flexibility index (Phi) is 5.02. The molecule has 0 aliphatic heterocycles. The first-order valence-electron chi connectivity index (χ1n) is 5.71. The van der Waals surface area contributed by atoms with Crippen molar-refractivity contribution in [1.29, 1.82) is 0 Å². The highest BCUT2D eigenvalue weighted by Gasteiger charge is 2.22. The van der Waals surface area contributed by atoms with Gasteiger partial charge in [-0.25, -0.2) is 8.78 Å². The first kappa shape index (κ1) is 15.7. The van der Waals surface area contributed by atoms with E-state index in [4.69, 9.17) is 23.2 Å². The third-order valence-corrected chi connectivity index (χ3v) is 4.43. The van der Waals surface area contributed by atoms with Crippen LogP contribution in [-0.4, -0.2) is 7.05 Å². The molecule has 2 aromatic carbocycles. The average molecular weight is 381 g/mol. The Morgan fingerprint density at radius 3 is 2.45 bits per heavy atom. The normalized spacial score (nSPS) is 12.5. The van der Waals surface area contributed by atoms with E-state index in [0.29, 0.717) is 9.50 Å². The standard InChI is InChI=1S/C14H10BrCl2F2N/c1-20-14(9-6-7(16)2-5-11(9)18)8-3-4-10(15)12(17)13(8)19/h2-6,14,20H,1H3. The Morgan fingerprint density at radius 1 is 1.10 bits per heavy atom. The highest BCUT2D eigenvalue weighted by Crippen LogP contribution is 2.34. The first-order chi connectivity index (χ1) is 9.45. The van der Waals surface area contributed by atoms with Crippen LogP contribution in [0.3, 0.4) is 0 Å². The van der Waals surface area contributed by atoms with Crippen molar-refractivity contribution < 1.29 is 8.78 Å². The molecular weight excluding hydrogens is 371 g/mol. The first-order valence-corrected chi connectivity index (χ1v) is 7.26. The minimum atomic E-state index is -0.681. The molecule has 1 N–H and O–H groups in total. The van der Waals surface area contributed by atoms with Gasteiger partial charge < -0.3 is 5.32 Å². The minimum absolute atomic E-state index is 0.0369. The zero-order valence-electron chi connectivity index (χ0n) is 10.4. The van der Waals surface area contributed by atoms with Crippen molar-refractivity contribution in [2.24, 2.45) is 0 Å². The fourth-order valence-electron chi connectivity index (χ4n) is 1.98. The van der Waals surface area contributed by atoms with Crippen LogP contribution in [0.1, 0.15) is 17.2 Å². The van der Waals surface area contributed by atoms with Gasteiger partial charge in [0, 0.05) is 20.6 Å². The molecule has 0 fully saturated rings. The van der Waals surface area contributed by atoms with Crippen molar-refractivity contribution in [3.05, 3.63) is 67.6 Å². The van der Waals surface area contributed by atoms with Crippen molar-refractivity contribution in [3.63, 3.8) is 0 Å². The van der Waals surface area contributed by atoms with Gasteiger partial charge in [0.1, 0.15) is 11.6 Å². The molecule has 0 aromatic heterocycles. The van der Waals surface area contributed by atoms with Crippen molar-refractivity contribution in [3.8, 4) is 0 Å². The molecule has 0 heterocycles. The van der Waals surface area contributed by atoms with E-state index < -0.39 is 17.7 Å². The van der Waals surface area contributed by atoms with Gasteiger partial charge in [-0.2, -0.15) is 0 Å². The summed E-state index contributed by atoms with van der Waals surface area (Å²) in [6.45, 7) is 0. The van der Waals surface area contributed by atoms with Gasteiger partial charge in [-0.15, -0.1) is 0 Å². The van der Waals surface area contributed by atoms with Crippen LogP contribution in [0.15, 0.2) is 34.8 Å². The number of rotatable bonds is 3. The smallest absolute Gasteiger partial charge is 0.148 e. The molecule has 1 atom stereocenters. The van der Waals surface area contributed by atoms with E-state index >= 15 is 0 Å². The second-order valence-corrected chi connectivity index (χ2v) is 5.82. The molecule has 1 unspecified atom stereocenters. The van der Waals surface area contributed by atoms with Gasteiger partial charge in [0.25, 0.3) is 0 Å². The maximum absolute atomic E-state index is 14.3. The monoisotopic (exact) mass is 379 g/mol. The fourth-order valence-corrected chi connectivity index (χ4v) is 2.64. The van der Waals surface area contributed by atoms with E-state index in [-0.39, 0.29) is 16.1 Å². The molecule has 0 amide bonds. The van der Waals surface area contributed by atoms with Crippen LogP contribution in [0.2, 0.25) is 10.0 Å². The summed E-state index contributed by atoms with van der Waals surface area (Å²) in [5, 5.41) is 3.22. The van der Waals surface area contributed by atoms with Crippen molar-refractivity contribution in [2.45, 2.75) is 6.04 Å². The maximum Gasteiger partial charge on any atom is 0.148 e. The zero-order chi connectivity index (χ0) is 14.9. The van der Waals surface area contributed by atoms with Crippen LogP contribution >= 0.6 is 39.1 Å². The Morgan fingerprint density at radius 2 is 1.80 bits per heavy atom. The molecule has 0 saturated carbocycles. The third kappa shape index (κ3) is 2.98. The highest BCUT2D eigenvalue weighted by molar-refractivity contribution is 9.10. The number of hydrogen-bond donors (Lipinski definition) is 1. The maximum atomic E-state index is 14.3. The molecule has 0 spiro atoms. The Balaban J connectivity index is 2.58. The molecular formula is C14H10BrCl2F2N. The summed E-state index contributed by atoms with van der Waals surface area (Å²) in [6.07, 6.45) is 0. The van der Waals surface area contributed by atoms with E-state index in [1.165, 1.54) is 18.2 Å². The topological polar surface area (TPSA) is 12.0 Å². The summed E-state index contributed by atoms with van der Waals surface area (Å²) in [4.78, 5) is 0.